The third-order valence-electron chi connectivity index (χ3n) is 3.64. The van der Waals surface area contributed by atoms with Gasteiger partial charge in [0, 0.05) is 6.54 Å². The zero-order chi connectivity index (χ0) is 17.7. The van der Waals surface area contributed by atoms with Crippen LogP contribution in [-0.4, -0.2) is 54.5 Å². The summed E-state index contributed by atoms with van der Waals surface area (Å²) in [6, 6.07) is 8.40. The minimum atomic E-state index is -0.579. The number of ether oxygens (including phenoxy) is 3. The molecule has 0 bridgehead atoms. The summed E-state index contributed by atoms with van der Waals surface area (Å²) < 4.78 is 16.4. The fourth-order valence-electron chi connectivity index (χ4n) is 2.45. The van der Waals surface area contributed by atoms with Crippen molar-refractivity contribution in [3.05, 3.63) is 35.9 Å². The maximum atomic E-state index is 12.4. The summed E-state index contributed by atoms with van der Waals surface area (Å²) in [5, 5.41) is 0. The van der Waals surface area contributed by atoms with Crippen LogP contribution in [0.2, 0.25) is 0 Å². The van der Waals surface area contributed by atoms with Gasteiger partial charge in [0.2, 0.25) is 0 Å². The number of amides is 1. The quantitative estimate of drug-likeness (QED) is 0.795. The monoisotopic (exact) mass is 335 g/mol. The zero-order valence-corrected chi connectivity index (χ0v) is 14.7. The van der Waals surface area contributed by atoms with E-state index in [0.29, 0.717) is 25.3 Å². The van der Waals surface area contributed by atoms with Gasteiger partial charge in [-0.15, -0.1) is 0 Å². The van der Waals surface area contributed by atoms with E-state index < -0.39 is 23.8 Å². The molecule has 1 aromatic rings. The summed E-state index contributed by atoms with van der Waals surface area (Å²) >= 11 is 0. The highest BCUT2D eigenvalue weighted by atomic mass is 16.6. The lowest BCUT2D eigenvalue weighted by Gasteiger charge is -2.38. The number of nitrogens with zero attached hydrogens (tertiary/aromatic N) is 1. The van der Waals surface area contributed by atoms with Crippen molar-refractivity contribution in [1.29, 1.82) is 0 Å². The number of hydrogen-bond acceptors (Lipinski definition) is 5. The van der Waals surface area contributed by atoms with Crippen molar-refractivity contribution in [2.24, 2.45) is 0 Å². The van der Waals surface area contributed by atoms with E-state index in [0.717, 1.165) is 0 Å². The lowest BCUT2D eigenvalue weighted by Crippen LogP contribution is -2.55. The van der Waals surface area contributed by atoms with Crippen molar-refractivity contribution in [2.45, 2.75) is 45.4 Å². The first-order valence-corrected chi connectivity index (χ1v) is 8.11. The van der Waals surface area contributed by atoms with E-state index in [1.54, 1.807) is 36.1 Å². The predicted octanol–water partition coefficient (Wildman–Crippen LogP) is 2.87. The van der Waals surface area contributed by atoms with Crippen LogP contribution >= 0.6 is 0 Å². The summed E-state index contributed by atoms with van der Waals surface area (Å²) in [6.07, 6.45) is -0.927. The average Bonchev–Trinajstić information content (AvgIpc) is 2.54. The first kappa shape index (κ1) is 18.3. The first-order chi connectivity index (χ1) is 11.3. The van der Waals surface area contributed by atoms with E-state index in [4.69, 9.17) is 14.2 Å². The Morgan fingerprint density at radius 2 is 1.92 bits per heavy atom. The molecule has 0 unspecified atom stereocenters. The number of rotatable bonds is 3. The van der Waals surface area contributed by atoms with Gasteiger partial charge in [-0.1, -0.05) is 18.2 Å². The van der Waals surface area contributed by atoms with Gasteiger partial charge >= 0.3 is 12.1 Å². The van der Waals surface area contributed by atoms with Gasteiger partial charge in [0.15, 0.2) is 0 Å². The lowest BCUT2D eigenvalue weighted by molar-refractivity contribution is -0.0684. The van der Waals surface area contributed by atoms with Gasteiger partial charge in [0.1, 0.15) is 11.7 Å². The molecular formula is C18H25NO5. The molecule has 0 N–H and O–H groups in total. The van der Waals surface area contributed by atoms with Gasteiger partial charge < -0.3 is 14.2 Å². The standard InChI is InChI=1S/C18H25NO5/c1-13(23-16(20)14-8-6-5-7-9-14)15-12-22-11-10-19(15)17(21)24-18(2,3)4/h5-9,13,15H,10-12H2,1-4H3/t13-,15+/m1/s1. The van der Waals surface area contributed by atoms with Crippen LogP contribution in [0.1, 0.15) is 38.1 Å². The SMILES string of the molecule is C[C@@H](OC(=O)c1ccccc1)[C@@H]1COCCN1C(=O)OC(C)(C)C. The van der Waals surface area contributed by atoms with E-state index in [1.165, 1.54) is 0 Å². The molecule has 1 aliphatic rings. The molecule has 1 saturated heterocycles. The second kappa shape index (κ2) is 7.66. The predicted molar refractivity (Wildman–Crippen MR) is 88.9 cm³/mol. The van der Waals surface area contributed by atoms with Gasteiger partial charge in [-0.2, -0.15) is 0 Å². The highest BCUT2D eigenvalue weighted by molar-refractivity contribution is 5.89. The number of morpholine rings is 1. The second-order valence-electron chi connectivity index (χ2n) is 6.79. The number of esters is 1. The normalized spacial score (nSPS) is 19.5. The van der Waals surface area contributed by atoms with E-state index in [1.807, 2.05) is 26.8 Å². The van der Waals surface area contributed by atoms with Crippen LogP contribution in [0.15, 0.2) is 30.3 Å². The Morgan fingerprint density at radius 1 is 1.25 bits per heavy atom. The Bertz CT molecular complexity index is 567. The molecule has 1 fully saturated rings. The molecule has 6 nitrogen and oxygen atoms in total. The Morgan fingerprint density at radius 3 is 2.54 bits per heavy atom. The highest BCUT2D eigenvalue weighted by Crippen LogP contribution is 2.19. The number of benzene rings is 1. The Labute approximate surface area is 142 Å². The summed E-state index contributed by atoms with van der Waals surface area (Å²) in [7, 11) is 0. The van der Waals surface area contributed by atoms with Gasteiger partial charge in [0.25, 0.3) is 0 Å². The molecule has 1 amide bonds. The van der Waals surface area contributed by atoms with E-state index in [-0.39, 0.29) is 6.04 Å². The minimum Gasteiger partial charge on any atom is -0.457 e. The van der Waals surface area contributed by atoms with Crippen LogP contribution in [0, 0.1) is 0 Å². The maximum Gasteiger partial charge on any atom is 0.410 e. The second-order valence-corrected chi connectivity index (χ2v) is 6.79. The zero-order valence-electron chi connectivity index (χ0n) is 14.7. The topological polar surface area (TPSA) is 65.1 Å². The molecule has 2 rings (SSSR count). The third kappa shape index (κ3) is 4.96. The fraction of sp³-hybridized carbons (Fsp3) is 0.556. The van der Waals surface area contributed by atoms with Crippen molar-refractivity contribution in [3.8, 4) is 0 Å². The average molecular weight is 335 g/mol. The highest BCUT2D eigenvalue weighted by Gasteiger charge is 2.36. The van der Waals surface area contributed by atoms with E-state index in [2.05, 4.69) is 0 Å². The number of carbonyl (C=O) groups is 2. The molecule has 1 aliphatic heterocycles. The van der Waals surface area contributed by atoms with Crippen molar-refractivity contribution in [2.75, 3.05) is 19.8 Å². The van der Waals surface area contributed by atoms with Gasteiger partial charge in [-0.25, -0.2) is 9.59 Å². The van der Waals surface area contributed by atoms with Crippen molar-refractivity contribution in [3.63, 3.8) is 0 Å². The molecule has 1 aromatic carbocycles. The molecule has 6 heteroatoms. The number of carbonyl (C=O) groups excluding carboxylic acids is 2. The molecule has 0 radical (unpaired) electrons. The third-order valence-corrected chi connectivity index (χ3v) is 3.64. The fourth-order valence-corrected chi connectivity index (χ4v) is 2.45. The largest absolute Gasteiger partial charge is 0.457 e. The number of hydrogen-bond donors (Lipinski definition) is 0. The van der Waals surface area contributed by atoms with Crippen molar-refractivity contribution < 1.29 is 23.8 Å². The van der Waals surface area contributed by atoms with Gasteiger partial charge in [-0.05, 0) is 39.8 Å². The first-order valence-electron chi connectivity index (χ1n) is 8.11. The molecule has 1 heterocycles. The smallest absolute Gasteiger partial charge is 0.410 e. The lowest BCUT2D eigenvalue weighted by atomic mass is 10.1. The molecule has 0 aliphatic carbocycles. The Balaban J connectivity index is 2.03. The molecule has 0 saturated carbocycles. The molecule has 24 heavy (non-hydrogen) atoms. The Kier molecular flexibility index (Phi) is 5.83. The molecule has 0 aromatic heterocycles. The van der Waals surface area contributed by atoms with Crippen molar-refractivity contribution in [1.82, 2.24) is 4.90 Å². The molecule has 0 spiro atoms. The molecule has 2 atom stereocenters. The van der Waals surface area contributed by atoms with Crippen LogP contribution in [0.4, 0.5) is 4.79 Å². The summed E-state index contributed by atoms with van der Waals surface area (Å²) in [4.78, 5) is 26.2. The molecular weight excluding hydrogens is 310 g/mol. The van der Waals surface area contributed by atoms with Crippen LogP contribution in [0.5, 0.6) is 0 Å². The van der Waals surface area contributed by atoms with Crippen LogP contribution in [0.25, 0.3) is 0 Å². The van der Waals surface area contributed by atoms with E-state index in [9.17, 15) is 9.59 Å². The summed E-state index contributed by atoms with van der Waals surface area (Å²) in [6.45, 7) is 8.37. The minimum absolute atomic E-state index is 0.308. The molecule has 132 valence electrons. The van der Waals surface area contributed by atoms with Gasteiger partial charge in [-0.3, -0.25) is 4.90 Å². The van der Waals surface area contributed by atoms with Crippen molar-refractivity contribution >= 4 is 12.1 Å². The van der Waals surface area contributed by atoms with Gasteiger partial charge in [0.05, 0.1) is 24.8 Å². The maximum absolute atomic E-state index is 12.4. The van der Waals surface area contributed by atoms with E-state index >= 15 is 0 Å². The van der Waals surface area contributed by atoms with Crippen LogP contribution < -0.4 is 0 Å². The van der Waals surface area contributed by atoms with Crippen LogP contribution in [-0.2, 0) is 14.2 Å². The Hall–Kier alpha value is -2.08. The summed E-state index contributed by atoms with van der Waals surface area (Å²) in [5.41, 5.74) is -0.103. The summed E-state index contributed by atoms with van der Waals surface area (Å²) in [5.74, 6) is -0.419. The van der Waals surface area contributed by atoms with Crippen LogP contribution in [0.3, 0.4) is 0 Å².